The normalized spacial score (nSPS) is 22.5. The Hall–Kier alpha value is -1.73. The molecule has 1 heterocycles. The lowest BCUT2D eigenvalue weighted by molar-refractivity contribution is -0.151. The van der Waals surface area contributed by atoms with E-state index in [0.29, 0.717) is 29.8 Å². The molecular formula is C15H19NO5S. The number of hydrogen-bond acceptors (Lipinski definition) is 4. The summed E-state index contributed by atoms with van der Waals surface area (Å²) in [6.07, 6.45) is 2.56. The number of amides is 1. The molecule has 1 saturated heterocycles. The fraction of sp³-hybridized carbons (Fsp3) is 0.467. The molecule has 2 unspecified atom stereocenters. The van der Waals surface area contributed by atoms with Crippen LogP contribution in [0.15, 0.2) is 29.2 Å². The fourth-order valence-electron chi connectivity index (χ4n) is 2.79. The lowest BCUT2D eigenvalue weighted by Crippen LogP contribution is -2.56. The van der Waals surface area contributed by atoms with Gasteiger partial charge in [0.2, 0.25) is 0 Å². The Labute approximate surface area is 131 Å². The van der Waals surface area contributed by atoms with E-state index in [1.807, 2.05) is 0 Å². The second-order valence-electron chi connectivity index (χ2n) is 5.31. The van der Waals surface area contributed by atoms with Gasteiger partial charge in [-0.25, -0.2) is 4.79 Å². The van der Waals surface area contributed by atoms with Gasteiger partial charge in [0.05, 0.1) is 6.61 Å². The smallest absolute Gasteiger partial charge is 0.332 e. The van der Waals surface area contributed by atoms with E-state index in [9.17, 15) is 18.9 Å². The molecule has 1 aromatic carbocycles. The largest absolute Gasteiger partial charge is 0.479 e. The molecule has 0 spiro atoms. The van der Waals surface area contributed by atoms with Crippen molar-refractivity contribution in [2.24, 2.45) is 0 Å². The van der Waals surface area contributed by atoms with Crippen LogP contribution in [-0.4, -0.2) is 58.1 Å². The van der Waals surface area contributed by atoms with E-state index in [4.69, 9.17) is 4.74 Å². The van der Waals surface area contributed by atoms with Crippen molar-refractivity contribution in [1.29, 1.82) is 0 Å². The summed E-state index contributed by atoms with van der Waals surface area (Å²) in [5, 5.41) is 9.56. The number of methoxy groups -OCH3 is 1. The van der Waals surface area contributed by atoms with E-state index in [1.54, 1.807) is 30.5 Å². The standard InChI is InChI=1S/C15H19NO5S/c1-21-10-15(14(18)19)8-3-9-16(15)13(17)11-4-6-12(7-5-11)22(2)20/h4-7H,3,8-10H2,1-2H3,(H,18,19). The van der Waals surface area contributed by atoms with Crippen molar-refractivity contribution in [2.45, 2.75) is 23.3 Å². The Morgan fingerprint density at radius 2 is 2.00 bits per heavy atom. The highest BCUT2D eigenvalue weighted by Gasteiger charge is 2.50. The molecule has 1 N–H and O–H groups in total. The molecule has 22 heavy (non-hydrogen) atoms. The van der Waals surface area contributed by atoms with Crippen LogP contribution < -0.4 is 0 Å². The summed E-state index contributed by atoms with van der Waals surface area (Å²) < 4.78 is 16.4. The highest BCUT2D eigenvalue weighted by atomic mass is 32.2. The number of carboxylic acids is 1. The Kier molecular flexibility index (Phi) is 4.97. The molecule has 6 nitrogen and oxygen atoms in total. The first-order chi connectivity index (χ1) is 10.4. The van der Waals surface area contributed by atoms with Gasteiger partial charge in [-0.2, -0.15) is 0 Å². The molecule has 1 aliphatic heterocycles. The fourth-order valence-corrected chi connectivity index (χ4v) is 3.31. The molecule has 0 saturated carbocycles. The van der Waals surface area contributed by atoms with Crippen LogP contribution in [0.25, 0.3) is 0 Å². The van der Waals surface area contributed by atoms with E-state index >= 15 is 0 Å². The summed E-state index contributed by atoms with van der Waals surface area (Å²) in [7, 11) is 0.311. The van der Waals surface area contributed by atoms with E-state index in [-0.39, 0.29) is 12.5 Å². The summed E-state index contributed by atoms with van der Waals surface area (Å²) in [5.41, 5.74) is -0.921. The number of carboxylic acid groups (broad SMARTS) is 1. The van der Waals surface area contributed by atoms with Crippen LogP contribution in [0.5, 0.6) is 0 Å². The van der Waals surface area contributed by atoms with Crippen LogP contribution in [0.1, 0.15) is 23.2 Å². The van der Waals surface area contributed by atoms with Crippen molar-refractivity contribution in [1.82, 2.24) is 4.90 Å². The number of carbonyl (C=O) groups is 2. The molecule has 1 aromatic rings. The zero-order valence-electron chi connectivity index (χ0n) is 12.6. The monoisotopic (exact) mass is 325 g/mol. The Morgan fingerprint density at radius 1 is 1.36 bits per heavy atom. The van der Waals surface area contributed by atoms with Crippen molar-refractivity contribution >= 4 is 22.7 Å². The molecule has 0 aliphatic carbocycles. The number of aliphatic carboxylic acids is 1. The predicted molar refractivity (Wildman–Crippen MR) is 81.3 cm³/mol. The van der Waals surface area contributed by atoms with Crippen LogP contribution in [0, 0.1) is 0 Å². The Balaban J connectivity index is 2.30. The highest BCUT2D eigenvalue weighted by molar-refractivity contribution is 7.84. The SMILES string of the molecule is COCC1(C(=O)O)CCCN1C(=O)c1ccc(S(C)=O)cc1. The molecule has 2 atom stereocenters. The lowest BCUT2D eigenvalue weighted by atomic mass is 9.96. The maximum absolute atomic E-state index is 12.7. The van der Waals surface area contributed by atoms with Crippen molar-refractivity contribution in [3.8, 4) is 0 Å². The summed E-state index contributed by atoms with van der Waals surface area (Å²) in [6, 6.07) is 6.41. The molecule has 2 rings (SSSR count). The third-order valence-electron chi connectivity index (χ3n) is 3.95. The highest BCUT2D eigenvalue weighted by Crippen LogP contribution is 2.31. The van der Waals surface area contributed by atoms with E-state index < -0.39 is 22.3 Å². The van der Waals surface area contributed by atoms with Crippen molar-refractivity contribution in [2.75, 3.05) is 26.5 Å². The van der Waals surface area contributed by atoms with Crippen molar-refractivity contribution < 1.29 is 23.6 Å². The minimum Gasteiger partial charge on any atom is -0.479 e. The van der Waals surface area contributed by atoms with Crippen LogP contribution in [0.2, 0.25) is 0 Å². The molecule has 0 radical (unpaired) electrons. The Bertz CT molecular complexity index is 600. The van der Waals surface area contributed by atoms with Gasteiger partial charge in [-0.05, 0) is 37.1 Å². The zero-order chi connectivity index (χ0) is 16.3. The molecule has 1 amide bonds. The van der Waals surface area contributed by atoms with Gasteiger partial charge < -0.3 is 14.7 Å². The molecular weight excluding hydrogens is 306 g/mol. The van der Waals surface area contributed by atoms with Crippen LogP contribution in [-0.2, 0) is 20.3 Å². The number of benzene rings is 1. The first-order valence-electron chi connectivity index (χ1n) is 6.90. The maximum Gasteiger partial charge on any atom is 0.332 e. The van der Waals surface area contributed by atoms with Gasteiger partial charge in [0.25, 0.3) is 5.91 Å². The van der Waals surface area contributed by atoms with Crippen LogP contribution >= 0.6 is 0 Å². The van der Waals surface area contributed by atoms with Gasteiger partial charge in [0, 0.05) is 41.2 Å². The van der Waals surface area contributed by atoms with Gasteiger partial charge in [0.1, 0.15) is 0 Å². The quantitative estimate of drug-likeness (QED) is 0.877. The third-order valence-corrected chi connectivity index (χ3v) is 4.88. The zero-order valence-corrected chi connectivity index (χ0v) is 13.4. The topological polar surface area (TPSA) is 83.9 Å². The van der Waals surface area contributed by atoms with E-state index in [0.717, 1.165) is 0 Å². The first kappa shape index (κ1) is 16.6. The van der Waals surface area contributed by atoms with Gasteiger partial charge in [-0.1, -0.05) is 0 Å². The average molecular weight is 325 g/mol. The number of likely N-dealkylation sites (tertiary alicyclic amines) is 1. The van der Waals surface area contributed by atoms with Crippen LogP contribution in [0.3, 0.4) is 0 Å². The predicted octanol–water partition coefficient (Wildman–Crippen LogP) is 1.13. The van der Waals surface area contributed by atoms with Crippen molar-refractivity contribution in [3.05, 3.63) is 29.8 Å². The molecule has 120 valence electrons. The Morgan fingerprint density at radius 3 is 2.50 bits per heavy atom. The van der Waals surface area contributed by atoms with E-state index in [1.165, 1.54) is 12.0 Å². The molecule has 1 fully saturated rings. The summed E-state index contributed by atoms with van der Waals surface area (Å²) in [5.74, 6) is -1.39. The third kappa shape index (κ3) is 2.91. The summed E-state index contributed by atoms with van der Waals surface area (Å²) >= 11 is 0. The second kappa shape index (κ2) is 6.58. The van der Waals surface area contributed by atoms with Crippen LogP contribution in [0.4, 0.5) is 0 Å². The van der Waals surface area contributed by atoms with Gasteiger partial charge in [-0.15, -0.1) is 0 Å². The maximum atomic E-state index is 12.7. The summed E-state index contributed by atoms with van der Waals surface area (Å²) in [6.45, 7) is 0.348. The molecule has 1 aliphatic rings. The molecule has 7 heteroatoms. The van der Waals surface area contributed by atoms with Crippen molar-refractivity contribution in [3.63, 3.8) is 0 Å². The minimum absolute atomic E-state index is 0.0366. The summed E-state index contributed by atoms with van der Waals surface area (Å²) in [4.78, 5) is 26.3. The first-order valence-corrected chi connectivity index (χ1v) is 8.46. The second-order valence-corrected chi connectivity index (χ2v) is 6.69. The molecule has 0 bridgehead atoms. The number of ether oxygens (including phenoxy) is 1. The van der Waals surface area contributed by atoms with E-state index in [2.05, 4.69) is 0 Å². The van der Waals surface area contributed by atoms with Gasteiger partial charge in [-0.3, -0.25) is 9.00 Å². The molecule has 0 aromatic heterocycles. The van der Waals surface area contributed by atoms with Gasteiger partial charge >= 0.3 is 5.97 Å². The number of nitrogens with zero attached hydrogens (tertiary/aromatic N) is 1. The van der Waals surface area contributed by atoms with Gasteiger partial charge in [0.15, 0.2) is 5.54 Å². The number of hydrogen-bond donors (Lipinski definition) is 1. The average Bonchev–Trinajstić information content (AvgIpc) is 2.92. The lowest BCUT2D eigenvalue weighted by Gasteiger charge is -2.34. The minimum atomic E-state index is -1.31. The number of rotatable bonds is 5. The number of carbonyl (C=O) groups excluding carboxylic acids is 1.